The predicted molar refractivity (Wildman–Crippen MR) is 203 cm³/mol. The van der Waals surface area contributed by atoms with Crippen LogP contribution in [0.3, 0.4) is 0 Å². The van der Waals surface area contributed by atoms with E-state index < -0.39 is 42.3 Å². The molecule has 0 aliphatic carbocycles. The van der Waals surface area contributed by atoms with E-state index >= 15 is 0 Å². The molecular formula is C39H64N4O14. The predicted octanol–water partition coefficient (Wildman–Crippen LogP) is 2.74. The Morgan fingerprint density at radius 2 is 1.09 bits per heavy atom. The van der Waals surface area contributed by atoms with Crippen molar-refractivity contribution < 1.29 is 67.2 Å². The van der Waals surface area contributed by atoms with Crippen molar-refractivity contribution in [3.05, 3.63) is 0 Å². The number of imide groups is 2. The summed E-state index contributed by atoms with van der Waals surface area (Å²) in [4.78, 5) is 101. The van der Waals surface area contributed by atoms with Gasteiger partial charge in [-0.25, -0.2) is 4.79 Å². The summed E-state index contributed by atoms with van der Waals surface area (Å²) in [5.41, 5.74) is 0. The van der Waals surface area contributed by atoms with E-state index in [2.05, 4.69) is 15.5 Å². The maximum atomic E-state index is 12.9. The first-order chi connectivity index (χ1) is 27.6. The highest BCUT2D eigenvalue weighted by atomic mass is 16.7. The Hall–Kier alpha value is -4.00. The number of carbonyl (C=O) groups is 8. The number of nitrogens with one attached hydrogen (secondary N) is 2. The molecule has 57 heavy (non-hydrogen) atoms. The van der Waals surface area contributed by atoms with Gasteiger partial charge in [-0.2, -0.15) is 0 Å². The first-order valence-electron chi connectivity index (χ1n) is 20.6. The molecule has 2 aliphatic heterocycles. The molecule has 324 valence electrons. The number of unbranched alkanes of at least 4 members (excludes halogenated alkanes) is 13. The van der Waals surface area contributed by atoms with Crippen molar-refractivity contribution in [2.24, 2.45) is 0 Å². The summed E-state index contributed by atoms with van der Waals surface area (Å²) in [7, 11) is 0. The number of hydroxylamine groups is 2. The van der Waals surface area contributed by atoms with Crippen molar-refractivity contribution in [3.8, 4) is 0 Å². The quantitative estimate of drug-likeness (QED) is 0.0617. The van der Waals surface area contributed by atoms with E-state index in [9.17, 15) is 38.4 Å². The Morgan fingerprint density at radius 1 is 0.579 bits per heavy atom. The van der Waals surface area contributed by atoms with Gasteiger partial charge in [-0.15, -0.1) is 5.06 Å². The van der Waals surface area contributed by atoms with Gasteiger partial charge in [0.05, 0.1) is 46.2 Å². The minimum atomic E-state index is -0.877. The van der Waals surface area contributed by atoms with Crippen molar-refractivity contribution in [3.63, 3.8) is 0 Å². The lowest BCUT2D eigenvalue weighted by atomic mass is 10.0. The number of likely N-dealkylation sites (tertiary alicyclic amines) is 1. The number of carbonyl (C=O) groups excluding carboxylic acids is 7. The monoisotopic (exact) mass is 812 g/mol. The lowest BCUT2D eigenvalue weighted by Gasteiger charge is -2.31. The van der Waals surface area contributed by atoms with Crippen molar-refractivity contribution in [2.45, 2.75) is 134 Å². The highest BCUT2D eigenvalue weighted by Gasteiger charge is 2.35. The van der Waals surface area contributed by atoms with Crippen molar-refractivity contribution in [2.75, 3.05) is 65.9 Å². The van der Waals surface area contributed by atoms with Crippen LogP contribution in [-0.4, -0.2) is 134 Å². The van der Waals surface area contributed by atoms with Gasteiger partial charge in [-0.05, 0) is 19.3 Å². The third-order valence-electron chi connectivity index (χ3n) is 9.32. The fourth-order valence-corrected chi connectivity index (χ4v) is 6.17. The molecule has 6 amide bonds. The summed E-state index contributed by atoms with van der Waals surface area (Å²) in [6.45, 7) is 0.320. The van der Waals surface area contributed by atoms with Crippen molar-refractivity contribution >= 4 is 47.4 Å². The van der Waals surface area contributed by atoms with Gasteiger partial charge >= 0.3 is 11.9 Å². The molecule has 2 saturated heterocycles. The van der Waals surface area contributed by atoms with Gasteiger partial charge in [0.15, 0.2) is 0 Å². The summed E-state index contributed by atoms with van der Waals surface area (Å²) in [5, 5.41) is 14.5. The average Bonchev–Trinajstić information content (AvgIpc) is 3.49. The normalized spacial score (nSPS) is 15.7. The van der Waals surface area contributed by atoms with Crippen LogP contribution in [0.5, 0.6) is 0 Å². The highest BCUT2D eigenvalue weighted by Crippen LogP contribution is 2.16. The Bertz CT molecular complexity index is 1250. The Kier molecular flexibility index (Phi) is 26.8. The number of carboxylic acids is 1. The zero-order valence-corrected chi connectivity index (χ0v) is 33.4. The number of piperidine rings is 1. The van der Waals surface area contributed by atoms with Gasteiger partial charge in [0.25, 0.3) is 17.7 Å². The van der Waals surface area contributed by atoms with Gasteiger partial charge < -0.3 is 39.5 Å². The van der Waals surface area contributed by atoms with Crippen LogP contribution in [0.2, 0.25) is 0 Å². The molecule has 18 heteroatoms. The van der Waals surface area contributed by atoms with Crippen LogP contribution in [0, 0.1) is 0 Å². The minimum Gasteiger partial charge on any atom is -0.481 e. The van der Waals surface area contributed by atoms with E-state index in [1.54, 1.807) is 0 Å². The SMILES string of the molecule is O=C(O)CCCCCCCCCCCCCCCCC(=O)N[C@@H]1CCC(=O)N(CCOCCOCC(=O)NCCOCCOCC(=O)ON2C(=O)CCC2=O)C1=O. The lowest BCUT2D eigenvalue weighted by Crippen LogP contribution is -2.55. The number of hydrogen-bond donors (Lipinski definition) is 3. The van der Waals surface area contributed by atoms with E-state index in [4.69, 9.17) is 24.1 Å². The van der Waals surface area contributed by atoms with E-state index in [0.717, 1.165) is 49.8 Å². The van der Waals surface area contributed by atoms with Gasteiger partial charge in [0, 0.05) is 38.6 Å². The number of nitrogens with zero attached hydrogens (tertiary/aromatic N) is 2. The van der Waals surface area contributed by atoms with Crippen molar-refractivity contribution in [1.82, 2.24) is 20.6 Å². The van der Waals surface area contributed by atoms with Gasteiger partial charge in [-0.1, -0.05) is 77.0 Å². The summed E-state index contributed by atoms with van der Waals surface area (Å²) < 4.78 is 21.1. The zero-order chi connectivity index (χ0) is 41.5. The first kappa shape index (κ1) is 49.1. The molecule has 2 rings (SSSR count). The number of aliphatic carboxylic acids is 1. The molecule has 0 bridgehead atoms. The lowest BCUT2D eigenvalue weighted by molar-refractivity contribution is -0.200. The first-order valence-corrected chi connectivity index (χ1v) is 20.6. The number of amides is 6. The van der Waals surface area contributed by atoms with E-state index in [1.165, 1.54) is 44.9 Å². The summed E-state index contributed by atoms with van der Waals surface area (Å²) in [5.74, 6) is -4.03. The van der Waals surface area contributed by atoms with Crippen LogP contribution in [0.4, 0.5) is 0 Å². The minimum absolute atomic E-state index is 0.00446. The van der Waals surface area contributed by atoms with Crippen LogP contribution in [0.15, 0.2) is 0 Å². The molecule has 3 N–H and O–H groups in total. The third kappa shape index (κ3) is 23.7. The standard InChI is InChI=1S/C39H64N4O14/c44-32(15-13-11-9-7-5-3-1-2-4-6-8-10-12-14-16-37(49)50)41-31-17-18-34(46)42(39(31)52)22-24-54-26-27-55-29-33(45)40-21-23-53-25-28-56-30-38(51)57-43-35(47)19-20-36(43)48/h31H,1-30H2,(H,40,45)(H,41,44)(H,49,50)/t31-/m1/s1. The molecule has 1 atom stereocenters. The topological polar surface area (TPSA) is 233 Å². The van der Waals surface area contributed by atoms with E-state index in [0.29, 0.717) is 11.5 Å². The molecule has 0 saturated carbocycles. The van der Waals surface area contributed by atoms with Crippen LogP contribution >= 0.6 is 0 Å². The molecule has 0 aromatic carbocycles. The second-order valence-corrected chi connectivity index (χ2v) is 14.1. The van der Waals surface area contributed by atoms with E-state index in [-0.39, 0.29) is 109 Å². The van der Waals surface area contributed by atoms with Crippen LogP contribution < -0.4 is 10.6 Å². The molecule has 2 fully saturated rings. The molecule has 0 aromatic rings. The molecule has 0 radical (unpaired) electrons. The molecule has 18 nitrogen and oxygen atoms in total. The van der Waals surface area contributed by atoms with Crippen molar-refractivity contribution in [1.29, 1.82) is 0 Å². The Balaban J connectivity index is 1.38. The number of ether oxygens (including phenoxy) is 4. The maximum Gasteiger partial charge on any atom is 0.358 e. The largest absolute Gasteiger partial charge is 0.481 e. The van der Waals surface area contributed by atoms with Crippen LogP contribution in [0.1, 0.15) is 128 Å². The van der Waals surface area contributed by atoms with Gasteiger partial charge in [0.1, 0.15) is 19.3 Å². The molecule has 2 aliphatic rings. The molecule has 0 spiro atoms. The van der Waals surface area contributed by atoms with E-state index in [1.807, 2.05) is 0 Å². The number of hydrogen-bond acceptors (Lipinski definition) is 13. The second-order valence-electron chi connectivity index (χ2n) is 14.1. The average molecular weight is 813 g/mol. The zero-order valence-electron chi connectivity index (χ0n) is 33.4. The number of rotatable bonds is 35. The third-order valence-corrected chi connectivity index (χ3v) is 9.32. The number of carboxylic acid groups (broad SMARTS) is 1. The van der Waals surface area contributed by atoms with Gasteiger partial charge in [0.2, 0.25) is 17.7 Å². The molecular weight excluding hydrogens is 748 g/mol. The summed E-state index contributed by atoms with van der Waals surface area (Å²) >= 11 is 0. The molecule has 0 aromatic heterocycles. The Morgan fingerprint density at radius 3 is 1.67 bits per heavy atom. The Labute approximate surface area is 335 Å². The smallest absolute Gasteiger partial charge is 0.358 e. The maximum absolute atomic E-state index is 12.9. The highest BCUT2D eigenvalue weighted by molar-refractivity contribution is 6.02. The summed E-state index contributed by atoms with van der Waals surface area (Å²) in [6.07, 6.45) is 16.4. The second kappa shape index (κ2) is 31.0. The van der Waals surface area contributed by atoms with Crippen LogP contribution in [-0.2, 0) is 62.1 Å². The molecule has 0 unspecified atom stereocenters. The van der Waals surface area contributed by atoms with Crippen LogP contribution in [0.25, 0.3) is 0 Å². The molecule has 2 heterocycles. The fraction of sp³-hybridized carbons (Fsp3) is 0.795. The fourth-order valence-electron chi connectivity index (χ4n) is 6.17. The van der Waals surface area contributed by atoms with Gasteiger partial charge in [-0.3, -0.25) is 38.5 Å². The summed E-state index contributed by atoms with van der Waals surface area (Å²) in [6, 6.07) is -0.731.